The number of aliphatic carboxylic acids is 1. The lowest BCUT2D eigenvalue weighted by Crippen LogP contribution is -2.44. The Balaban J connectivity index is 2.07. The third-order valence-electron chi connectivity index (χ3n) is 3.26. The van der Waals surface area contributed by atoms with E-state index in [1.807, 2.05) is 0 Å². The summed E-state index contributed by atoms with van der Waals surface area (Å²) in [5.74, 6) is -2.96. The molecule has 2 aliphatic rings. The smallest absolute Gasteiger partial charge is 0.368 e. The molecule has 0 aliphatic carbocycles. The number of alkyl halides is 1. The molecule has 0 aromatic rings. The van der Waals surface area contributed by atoms with Crippen molar-refractivity contribution in [2.24, 2.45) is 5.73 Å². The van der Waals surface area contributed by atoms with Gasteiger partial charge in [-0.25, -0.2) is 18.8 Å². The molecule has 118 valence electrons. The number of piperidine rings is 1. The number of carboxylic acid groups (broad SMARTS) is 1. The van der Waals surface area contributed by atoms with Crippen LogP contribution in [-0.4, -0.2) is 67.3 Å². The van der Waals surface area contributed by atoms with Gasteiger partial charge in [0.15, 0.2) is 0 Å². The molecule has 0 spiro atoms. The van der Waals surface area contributed by atoms with Crippen LogP contribution >= 0.6 is 0 Å². The van der Waals surface area contributed by atoms with Crippen LogP contribution in [-0.2, 0) is 25.2 Å². The summed E-state index contributed by atoms with van der Waals surface area (Å²) in [7, 11) is -1.66. The van der Waals surface area contributed by atoms with Crippen LogP contribution in [0.5, 0.6) is 0 Å². The quantitative estimate of drug-likeness (QED) is 0.628. The molecule has 0 unspecified atom stereocenters. The van der Waals surface area contributed by atoms with Crippen LogP contribution in [0.2, 0.25) is 0 Å². The number of fused-ring (bicyclic) bond motifs is 2. The number of nitrogens with zero attached hydrogens (tertiary/aromatic N) is 2. The molecular weight excluding hydrogens is 309 g/mol. The van der Waals surface area contributed by atoms with Crippen molar-refractivity contribution in [3.8, 4) is 0 Å². The van der Waals surface area contributed by atoms with Gasteiger partial charge < -0.3 is 15.7 Å². The van der Waals surface area contributed by atoms with Gasteiger partial charge in [0.05, 0.1) is 16.8 Å². The number of urea groups is 1. The summed E-state index contributed by atoms with van der Waals surface area (Å²) in [6.07, 6.45) is -1.95. The second-order valence-corrected chi connectivity index (χ2v) is 6.29. The Bertz CT molecular complexity index is 503. The van der Waals surface area contributed by atoms with E-state index < -0.39 is 46.5 Å². The molecule has 2 bridgehead atoms. The predicted molar refractivity (Wildman–Crippen MR) is 66.6 cm³/mol. The van der Waals surface area contributed by atoms with Crippen LogP contribution in [0.3, 0.4) is 0 Å². The summed E-state index contributed by atoms with van der Waals surface area (Å²) in [5, 5.41) is 8.41. The fourth-order valence-electron chi connectivity index (χ4n) is 2.39. The highest BCUT2D eigenvalue weighted by Gasteiger charge is 2.48. The largest absolute Gasteiger partial charge is 0.477 e. The van der Waals surface area contributed by atoms with Gasteiger partial charge >= 0.3 is 18.4 Å². The lowest BCUT2D eigenvalue weighted by molar-refractivity contribution is -0.223. The van der Waals surface area contributed by atoms with Crippen molar-refractivity contribution >= 4 is 28.7 Å². The van der Waals surface area contributed by atoms with Crippen molar-refractivity contribution in [3.05, 3.63) is 0 Å². The molecule has 4 atom stereocenters. The average molecular weight is 323 g/mol. The monoisotopic (exact) mass is 323 g/mol. The number of carboxylic acids is 1. The zero-order valence-corrected chi connectivity index (χ0v) is 11.6. The van der Waals surface area contributed by atoms with Crippen LogP contribution in [0.15, 0.2) is 0 Å². The predicted octanol–water partition coefficient (Wildman–Crippen LogP) is -1.24. The van der Waals surface area contributed by atoms with Gasteiger partial charge in [0.2, 0.25) is 5.91 Å². The van der Waals surface area contributed by atoms with E-state index in [4.69, 9.17) is 10.8 Å². The zero-order chi connectivity index (χ0) is 15.7. The number of hydroxylamine groups is 2. The van der Waals surface area contributed by atoms with Crippen LogP contribution in [0.4, 0.5) is 9.18 Å². The van der Waals surface area contributed by atoms with Crippen molar-refractivity contribution in [2.75, 3.05) is 12.3 Å². The topological polar surface area (TPSA) is 130 Å². The van der Waals surface area contributed by atoms with E-state index in [1.54, 1.807) is 0 Å². The number of rotatable bonds is 6. The highest BCUT2D eigenvalue weighted by Crippen LogP contribution is 2.32. The van der Waals surface area contributed by atoms with Crippen molar-refractivity contribution in [3.63, 3.8) is 0 Å². The number of carbonyl (C=O) groups excluding carboxylic acids is 2. The second-order valence-electron chi connectivity index (χ2n) is 4.70. The van der Waals surface area contributed by atoms with Crippen LogP contribution in [0.25, 0.3) is 0 Å². The number of primary amides is 1. The van der Waals surface area contributed by atoms with Gasteiger partial charge in [-0.3, -0.25) is 9.00 Å². The molecular formula is C10H14FN3O6S. The molecule has 0 saturated carbocycles. The summed E-state index contributed by atoms with van der Waals surface area (Å²) in [6.45, 7) is 0.139. The summed E-state index contributed by atoms with van der Waals surface area (Å²) >= 11 is 0. The summed E-state index contributed by atoms with van der Waals surface area (Å²) < 4.78 is 25.0. The normalized spacial score (nSPS) is 27.6. The Hall–Kier alpha value is -1.75. The lowest BCUT2D eigenvalue weighted by Gasteiger charge is -2.29. The van der Waals surface area contributed by atoms with E-state index in [-0.39, 0.29) is 12.3 Å². The van der Waals surface area contributed by atoms with Gasteiger partial charge in [0, 0.05) is 6.54 Å². The summed E-state index contributed by atoms with van der Waals surface area (Å²) in [6, 6.07) is -1.26. The van der Waals surface area contributed by atoms with Crippen LogP contribution in [0.1, 0.15) is 12.8 Å². The molecule has 0 aromatic heterocycles. The Morgan fingerprint density at radius 3 is 2.76 bits per heavy atom. The first-order valence-corrected chi connectivity index (χ1v) is 7.48. The van der Waals surface area contributed by atoms with Gasteiger partial charge in [-0.05, 0) is 12.8 Å². The molecule has 11 heteroatoms. The molecule has 0 radical (unpaired) electrons. The highest BCUT2D eigenvalue weighted by molar-refractivity contribution is 7.86. The molecule has 3 amide bonds. The summed E-state index contributed by atoms with van der Waals surface area (Å²) in [5.41, 5.74) is 4.97. The van der Waals surface area contributed by atoms with Gasteiger partial charge in [0.25, 0.3) is 0 Å². The molecule has 0 aromatic carbocycles. The number of carbonyl (C=O) groups is 3. The maximum atomic E-state index is 13.1. The minimum Gasteiger partial charge on any atom is -0.477 e. The number of nitrogens with two attached hydrogens (primary N) is 1. The van der Waals surface area contributed by atoms with Crippen LogP contribution in [0, 0.1) is 0 Å². The van der Waals surface area contributed by atoms with Gasteiger partial charge in [0.1, 0.15) is 11.1 Å². The zero-order valence-electron chi connectivity index (χ0n) is 10.8. The Kier molecular flexibility index (Phi) is 4.42. The Morgan fingerprint density at radius 2 is 2.19 bits per heavy atom. The van der Waals surface area contributed by atoms with Crippen molar-refractivity contribution in [1.29, 1.82) is 0 Å². The average Bonchev–Trinajstić information content (AvgIpc) is 2.63. The van der Waals surface area contributed by atoms with Gasteiger partial charge in [-0.1, -0.05) is 0 Å². The lowest BCUT2D eigenvalue weighted by atomic mass is 10.1. The molecule has 2 fully saturated rings. The van der Waals surface area contributed by atoms with E-state index in [1.165, 1.54) is 4.90 Å². The number of hydrogen-bond donors (Lipinski definition) is 2. The fraction of sp³-hybridized carbons (Fsp3) is 0.700. The van der Waals surface area contributed by atoms with E-state index in [0.717, 1.165) is 0 Å². The fourth-order valence-corrected chi connectivity index (χ4v) is 3.72. The molecule has 2 rings (SSSR count). The maximum absolute atomic E-state index is 13.1. The highest BCUT2D eigenvalue weighted by atomic mass is 32.2. The summed E-state index contributed by atoms with van der Waals surface area (Å²) in [4.78, 5) is 39.0. The van der Waals surface area contributed by atoms with E-state index in [0.29, 0.717) is 17.9 Å². The van der Waals surface area contributed by atoms with E-state index in [9.17, 15) is 23.0 Å². The number of halogens is 1. The van der Waals surface area contributed by atoms with Crippen LogP contribution < -0.4 is 5.73 Å². The van der Waals surface area contributed by atoms with E-state index >= 15 is 0 Å². The SMILES string of the molecule is NC(=O)C[S@@](=O)[C@@H]1CC[C@@H]2CN1C(=O)N2O[C@H](F)C(=O)O. The molecule has 2 heterocycles. The second kappa shape index (κ2) is 5.93. The molecule has 3 N–H and O–H groups in total. The molecule has 2 saturated heterocycles. The number of amides is 3. The first kappa shape index (κ1) is 15.6. The molecule has 21 heavy (non-hydrogen) atoms. The molecule has 9 nitrogen and oxygen atoms in total. The van der Waals surface area contributed by atoms with Crippen molar-refractivity contribution in [2.45, 2.75) is 30.6 Å². The first-order valence-electron chi connectivity index (χ1n) is 6.10. The standard InChI is InChI=1S/C10H14FN3O6S/c11-8(9(16)17)20-14-5-1-2-7(13(3-5)10(14)18)21(19)4-6(12)15/h5,7-8H,1-4H2,(H2,12,15)(H,16,17)/t5-,7-,8+,21-/m1/s1. The van der Waals surface area contributed by atoms with Gasteiger partial charge in [-0.15, -0.1) is 0 Å². The maximum Gasteiger partial charge on any atom is 0.368 e. The third-order valence-corrected chi connectivity index (χ3v) is 4.92. The molecule has 2 aliphatic heterocycles. The minimum absolute atomic E-state index is 0.139. The first-order chi connectivity index (χ1) is 9.81. The minimum atomic E-state index is -2.65. The van der Waals surface area contributed by atoms with Crippen molar-refractivity contribution in [1.82, 2.24) is 9.96 Å². The Labute approximate surface area is 121 Å². The Morgan fingerprint density at radius 1 is 1.52 bits per heavy atom. The number of hydrogen-bond acceptors (Lipinski definition) is 5. The van der Waals surface area contributed by atoms with Crippen molar-refractivity contribution < 1.29 is 32.9 Å². The third kappa shape index (κ3) is 3.13. The van der Waals surface area contributed by atoms with Gasteiger partial charge in [-0.2, -0.15) is 5.06 Å². The van der Waals surface area contributed by atoms with E-state index in [2.05, 4.69) is 4.84 Å².